The Morgan fingerprint density at radius 3 is 3.00 bits per heavy atom. The molecule has 0 fully saturated rings. The Hall–Kier alpha value is -1.80. The van der Waals surface area contributed by atoms with Gasteiger partial charge >= 0.3 is 0 Å². The molecule has 0 bridgehead atoms. The van der Waals surface area contributed by atoms with Gasteiger partial charge in [0, 0.05) is 23.1 Å². The van der Waals surface area contributed by atoms with Crippen molar-refractivity contribution in [1.29, 1.82) is 0 Å². The third-order valence-corrected chi connectivity index (χ3v) is 3.42. The molecule has 2 aromatic heterocycles. The van der Waals surface area contributed by atoms with Crippen LogP contribution in [-0.4, -0.2) is 43.4 Å². The fourth-order valence-corrected chi connectivity index (χ4v) is 2.34. The standard InChI is InChI=1S/C12H17N5O2S/c1-12(2,4-5-18)13-10(19)7-17-15-11(14-16-17)9-3-6-20-8-9/h3,6,8,18H,4-5,7H2,1-2H3,(H,13,19). The molecule has 8 heteroatoms. The average molecular weight is 295 g/mol. The Labute approximate surface area is 120 Å². The number of amides is 1. The molecule has 0 unspecified atom stereocenters. The van der Waals surface area contributed by atoms with Crippen molar-refractivity contribution in [1.82, 2.24) is 25.5 Å². The number of aliphatic hydroxyl groups excluding tert-OH is 1. The van der Waals surface area contributed by atoms with Gasteiger partial charge in [-0.15, -0.1) is 10.2 Å². The lowest BCUT2D eigenvalue weighted by Gasteiger charge is -2.25. The molecule has 0 saturated heterocycles. The first kappa shape index (κ1) is 14.6. The fraction of sp³-hybridized carbons (Fsp3) is 0.500. The number of tetrazole rings is 1. The number of nitrogens with zero attached hydrogens (tertiary/aromatic N) is 4. The lowest BCUT2D eigenvalue weighted by molar-refractivity contribution is -0.123. The summed E-state index contributed by atoms with van der Waals surface area (Å²) in [6.07, 6.45) is 0.490. The van der Waals surface area contributed by atoms with E-state index in [9.17, 15) is 4.79 Å². The van der Waals surface area contributed by atoms with E-state index in [4.69, 9.17) is 5.11 Å². The molecular weight excluding hydrogens is 278 g/mol. The molecule has 0 aliphatic rings. The van der Waals surface area contributed by atoms with Gasteiger partial charge in [0.1, 0.15) is 6.54 Å². The summed E-state index contributed by atoms with van der Waals surface area (Å²) in [4.78, 5) is 13.1. The van der Waals surface area contributed by atoms with E-state index < -0.39 is 5.54 Å². The van der Waals surface area contributed by atoms with E-state index in [-0.39, 0.29) is 19.1 Å². The van der Waals surface area contributed by atoms with Crippen molar-refractivity contribution in [3.05, 3.63) is 16.8 Å². The summed E-state index contributed by atoms with van der Waals surface area (Å²) in [5, 5.41) is 27.5. The number of hydrogen-bond acceptors (Lipinski definition) is 6. The predicted molar refractivity (Wildman–Crippen MR) is 75.1 cm³/mol. The minimum atomic E-state index is -0.456. The number of rotatable bonds is 6. The highest BCUT2D eigenvalue weighted by atomic mass is 32.1. The van der Waals surface area contributed by atoms with Crippen LogP contribution in [0.25, 0.3) is 11.4 Å². The highest BCUT2D eigenvalue weighted by molar-refractivity contribution is 7.08. The zero-order valence-corrected chi connectivity index (χ0v) is 12.2. The number of hydrogen-bond donors (Lipinski definition) is 2. The SMILES string of the molecule is CC(C)(CCO)NC(=O)Cn1nnc(-c2ccsc2)n1. The van der Waals surface area contributed by atoms with E-state index >= 15 is 0 Å². The lowest BCUT2D eigenvalue weighted by atomic mass is 10.0. The van der Waals surface area contributed by atoms with Crippen LogP contribution in [0.2, 0.25) is 0 Å². The van der Waals surface area contributed by atoms with Crippen LogP contribution in [0.5, 0.6) is 0 Å². The second-order valence-electron chi connectivity index (χ2n) is 5.06. The average Bonchev–Trinajstić information content (AvgIpc) is 2.96. The molecule has 0 atom stereocenters. The molecule has 0 radical (unpaired) electrons. The van der Waals surface area contributed by atoms with Gasteiger partial charge in [0.05, 0.1) is 0 Å². The second-order valence-corrected chi connectivity index (χ2v) is 5.84. The van der Waals surface area contributed by atoms with Gasteiger partial charge in [0.15, 0.2) is 0 Å². The van der Waals surface area contributed by atoms with Crippen molar-refractivity contribution in [3.63, 3.8) is 0 Å². The number of carbonyl (C=O) groups is 1. The van der Waals surface area contributed by atoms with Crippen LogP contribution in [0.3, 0.4) is 0 Å². The zero-order valence-electron chi connectivity index (χ0n) is 11.4. The number of aliphatic hydroxyl groups is 1. The van der Waals surface area contributed by atoms with Crippen LogP contribution in [0.15, 0.2) is 16.8 Å². The van der Waals surface area contributed by atoms with Gasteiger partial charge in [-0.25, -0.2) is 0 Å². The summed E-state index contributed by atoms with van der Waals surface area (Å²) < 4.78 is 0. The largest absolute Gasteiger partial charge is 0.396 e. The Kier molecular flexibility index (Phi) is 4.46. The quantitative estimate of drug-likeness (QED) is 0.817. The van der Waals surface area contributed by atoms with Gasteiger partial charge in [-0.1, -0.05) is 0 Å². The maximum absolute atomic E-state index is 11.9. The maximum Gasteiger partial charge on any atom is 0.244 e. The lowest BCUT2D eigenvalue weighted by Crippen LogP contribution is -2.45. The Balaban J connectivity index is 1.95. The molecule has 1 amide bonds. The van der Waals surface area contributed by atoms with Crippen molar-refractivity contribution in [2.24, 2.45) is 0 Å². The first-order chi connectivity index (χ1) is 9.50. The minimum absolute atomic E-state index is 0.00595. The van der Waals surface area contributed by atoms with Gasteiger partial charge in [-0.2, -0.15) is 16.1 Å². The Morgan fingerprint density at radius 1 is 1.55 bits per heavy atom. The first-order valence-electron chi connectivity index (χ1n) is 6.22. The summed E-state index contributed by atoms with van der Waals surface area (Å²) in [6.45, 7) is 3.74. The predicted octanol–water partition coefficient (Wildman–Crippen LogP) is 0.679. The monoisotopic (exact) mass is 295 g/mol. The van der Waals surface area contributed by atoms with Crippen LogP contribution >= 0.6 is 11.3 Å². The van der Waals surface area contributed by atoms with Gasteiger partial charge in [0.2, 0.25) is 11.7 Å². The van der Waals surface area contributed by atoms with Gasteiger partial charge < -0.3 is 10.4 Å². The molecule has 2 heterocycles. The molecule has 20 heavy (non-hydrogen) atoms. The third kappa shape index (κ3) is 3.84. The summed E-state index contributed by atoms with van der Waals surface area (Å²) >= 11 is 1.55. The molecular formula is C12H17N5O2S. The Bertz CT molecular complexity index is 564. The smallest absolute Gasteiger partial charge is 0.244 e. The van der Waals surface area contributed by atoms with Gasteiger partial charge in [0.25, 0.3) is 0 Å². The normalized spacial score (nSPS) is 11.6. The zero-order chi connectivity index (χ0) is 14.6. The van der Waals surface area contributed by atoms with Crippen LogP contribution in [0.1, 0.15) is 20.3 Å². The molecule has 2 aromatic rings. The summed E-state index contributed by atoms with van der Waals surface area (Å²) in [7, 11) is 0. The van der Waals surface area contributed by atoms with Crippen molar-refractivity contribution < 1.29 is 9.90 Å². The van der Waals surface area contributed by atoms with Crippen LogP contribution < -0.4 is 5.32 Å². The number of nitrogens with one attached hydrogen (secondary N) is 1. The molecule has 108 valence electrons. The molecule has 0 aliphatic heterocycles. The number of aromatic nitrogens is 4. The molecule has 0 saturated carbocycles. The molecule has 2 N–H and O–H groups in total. The molecule has 7 nitrogen and oxygen atoms in total. The van der Waals surface area contributed by atoms with E-state index in [0.717, 1.165) is 5.56 Å². The number of carbonyl (C=O) groups excluding carboxylic acids is 1. The number of thiophene rings is 1. The Morgan fingerprint density at radius 2 is 2.35 bits per heavy atom. The van der Waals surface area contributed by atoms with Crippen molar-refractivity contribution >= 4 is 17.2 Å². The molecule has 0 aliphatic carbocycles. The highest BCUT2D eigenvalue weighted by Gasteiger charge is 2.20. The van der Waals surface area contributed by atoms with Gasteiger partial charge in [-0.3, -0.25) is 4.79 Å². The van der Waals surface area contributed by atoms with Crippen molar-refractivity contribution in [2.75, 3.05) is 6.61 Å². The van der Waals surface area contributed by atoms with Crippen molar-refractivity contribution in [2.45, 2.75) is 32.4 Å². The van der Waals surface area contributed by atoms with Crippen LogP contribution in [-0.2, 0) is 11.3 Å². The highest BCUT2D eigenvalue weighted by Crippen LogP contribution is 2.16. The maximum atomic E-state index is 11.9. The third-order valence-electron chi connectivity index (χ3n) is 2.73. The summed E-state index contributed by atoms with van der Waals surface area (Å²) in [6, 6.07) is 1.90. The summed E-state index contributed by atoms with van der Waals surface area (Å²) in [5.41, 5.74) is 0.435. The summed E-state index contributed by atoms with van der Waals surface area (Å²) in [5.74, 6) is 0.298. The van der Waals surface area contributed by atoms with E-state index in [0.29, 0.717) is 12.2 Å². The van der Waals surface area contributed by atoms with E-state index in [2.05, 4.69) is 20.7 Å². The first-order valence-corrected chi connectivity index (χ1v) is 7.17. The van der Waals surface area contributed by atoms with E-state index in [1.165, 1.54) is 4.80 Å². The fourth-order valence-electron chi connectivity index (χ4n) is 1.70. The van der Waals surface area contributed by atoms with E-state index in [1.54, 1.807) is 11.3 Å². The minimum Gasteiger partial charge on any atom is -0.396 e. The van der Waals surface area contributed by atoms with Crippen molar-refractivity contribution in [3.8, 4) is 11.4 Å². The molecule has 0 aromatic carbocycles. The van der Waals surface area contributed by atoms with Crippen LogP contribution in [0.4, 0.5) is 0 Å². The molecule has 0 spiro atoms. The topological polar surface area (TPSA) is 92.9 Å². The molecule has 2 rings (SSSR count). The van der Waals surface area contributed by atoms with Gasteiger partial charge in [-0.05, 0) is 36.9 Å². The van der Waals surface area contributed by atoms with E-state index in [1.807, 2.05) is 30.7 Å². The second kappa shape index (κ2) is 6.10. The van der Waals surface area contributed by atoms with Crippen LogP contribution in [0, 0.1) is 0 Å².